The molecular weight excluding hydrogens is 329 g/mol. The molecule has 1 aromatic heterocycles. The number of hydrogen-bond acceptors (Lipinski definition) is 4. The second-order valence-corrected chi connectivity index (χ2v) is 6.00. The number of aryl methyl sites for hydroxylation is 1. The van der Waals surface area contributed by atoms with Gasteiger partial charge in [-0.15, -0.1) is 11.3 Å². The van der Waals surface area contributed by atoms with Gasteiger partial charge in [-0.3, -0.25) is 4.79 Å². The van der Waals surface area contributed by atoms with Crippen molar-refractivity contribution in [3.8, 4) is 11.3 Å². The summed E-state index contributed by atoms with van der Waals surface area (Å²) < 4.78 is 36.5. The molecule has 0 spiro atoms. The van der Waals surface area contributed by atoms with Crippen molar-refractivity contribution in [3.05, 3.63) is 40.2 Å². The van der Waals surface area contributed by atoms with E-state index in [9.17, 15) is 18.0 Å². The molecule has 1 aromatic carbocycles. The van der Waals surface area contributed by atoms with Gasteiger partial charge in [-0.05, 0) is 25.5 Å². The van der Waals surface area contributed by atoms with Crippen LogP contribution in [0.5, 0.6) is 0 Å². The third-order valence-corrected chi connectivity index (χ3v) is 3.89. The molecule has 1 amide bonds. The lowest BCUT2D eigenvalue weighted by Crippen LogP contribution is -2.34. The van der Waals surface area contributed by atoms with Crippen molar-refractivity contribution >= 4 is 17.2 Å². The lowest BCUT2D eigenvalue weighted by Gasteiger charge is -2.14. The van der Waals surface area contributed by atoms with Crippen molar-refractivity contribution in [2.75, 3.05) is 6.54 Å². The van der Waals surface area contributed by atoms with Gasteiger partial charge in [0.15, 0.2) is 6.10 Å². The van der Waals surface area contributed by atoms with E-state index >= 15 is 0 Å². The van der Waals surface area contributed by atoms with E-state index in [0.717, 1.165) is 16.3 Å². The molecule has 124 valence electrons. The van der Waals surface area contributed by atoms with Crippen molar-refractivity contribution in [3.63, 3.8) is 0 Å². The van der Waals surface area contributed by atoms with Gasteiger partial charge in [-0.2, -0.15) is 13.2 Å². The quantitative estimate of drug-likeness (QED) is 0.876. The molecule has 0 aliphatic carbocycles. The number of thiazole rings is 1. The van der Waals surface area contributed by atoms with Gasteiger partial charge < -0.3 is 10.4 Å². The first kappa shape index (κ1) is 17.4. The molecule has 2 rings (SSSR count). The fourth-order valence-corrected chi connectivity index (χ4v) is 2.53. The standard InChI is InChI=1S/C15H15F3N2O2S/c1-9-20-12(8-23-9)10-3-2-4-11(7-10)14(22)19-6-5-13(21)15(16,17)18/h2-4,7-8,13,21H,5-6H2,1H3,(H,19,22). The van der Waals surface area contributed by atoms with Gasteiger partial charge in [-0.25, -0.2) is 4.98 Å². The van der Waals surface area contributed by atoms with Crippen LogP contribution < -0.4 is 5.32 Å². The zero-order chi connectivity index (χ0) is 17.0. The molecule has 0 saturated heterocycles. The van der Waals surface area contributed by atoms with Gasteiger partial charge in [0.1, 0.15) is 0 Å². The SMILES string of the molecule is Cc1nc(-c2cccc(C(=O)NCCC(O)C(F)(F)F)c2)cs1. The molecule has 1 atom stereocenters. The van der Waals surface area contributed by atoms with E-state index in [4.69, 9.17) is 5.11 Å². The smallest absolute Gasteiger partial charge is 0.384 e. The highest BCUT2D eigenvalue weighted by Gasteiger charge is 2.37. The van der Waals surface area contributed by atoms with Crippen molar-refractivity contribution in [1.82, 2.24) is 10.3 Å². The first-order valence-corrected chi connectivity index (χ1v) is 7.71. The Kier molecular flexibility index (Phi) is 5.38. The first-order valence-electron chi connectivity index (χ1n) is 6.83. The second-order valence-electron chi connectivity index (χ2n) is 4.93. The number of carbonyl (C=O) groups excluding carboxylic acids is 1. The Morgan fingerprint density at radius 1 is 1.43 bits per heavy atom. The average Bonchev–Trinajstić information content (AvgIpc) is 2.93. The second kappa shape index (κ2) is 7.10. The molecule has 0 aliphatic rings. The van der Waals surface area contributed by atoms with E-state index in [-0.39, 0.29) is 6.54 Å². The van der Waals surface area contributed by atoms with Crippen LogP contribution in [0.2, 0.25) is 0 Å². The lowest BCUT2D eigenvalue weighted by molar-refractivity contribution is -0.204. The highest BCUT2D eigenvalue weighted by molar-refractivity contribution is 7.09. The largest absolute Gasteiger partial charge is 0.414 e. The number of aliphatic hydroxyl groups excluding tert-OH is 1. The number of hydrogen-bond donors (Lipinski definition) is 2. The topological polar surface area (TPSA) is 62.2 Å². The van der Waals surface area contributed by atoms with E-state index in [1.54, 1.807) is 24.3 Å². The zero-order valence-electron chi connectivity index (χ0n) is 12.2. The monoisotopic (exact) mass is 344 g/mol. The fourth-order valence-electron chi connectivity index (χ4n) is 1.90. The summed E-state index contributed by atoms with van der Waals surface area (Å²) >= 11 is 1.49. The Bertz CT molecular complexity index is 685. The van der Waals surface area contributed by atoms with Crippen LogP contribution in [0.25, 0.3) is 11.3 Å². The molecular formula is C15H15F3N2O2S. The number of alkyl halides is 3. The predicted molar refractivity (Wildman–Crippen MR) is 81.3 cm³/mol. The minimum Gasteiger partial charge on any atom is -0.384 e. The summed E-state index contributed by atoms with van der Waals surface area (Å²) in [7, 11) is 0. The molecule has 0 bridgehead atoms. The van der Waals surface area contributed by atoms with Crippen molar-refractivity contribution in [2.45, 2.75) is 25.6 Å². The third-order valence-electron chi connectivity index (χ3n) is 3.12. The summed E-state index contributed by atoms with van der Waals surface area (Å²) in [6, 6.07) is 6.68. The molecule has 2 aromatic rings. The summed E-state index contributed by atoms with van der Waals surface area (Å²) in [6.07, 6.45) is -7.69. The van der Waals surface area contributed by atoms with Crippen molar-refractivity contribution in [1.29, 1.82) is 0 Å². The number of nitrogens with one attached hydrogen (secondary N) is 1. The third kappa shape index (κ3) is 4.77. The first-order chi connectivity index (χ1) is 10.8. The Morgan fingerprint density at radius 2 is 2.17 bits per heavy atom. The van der Waals surface area contributed by atoms with Gasteiger partial charge in [0, 0.05) is 23.1 Å². The number of carbonyl (C=O) groups is 1. The van der Waals surface area contributed by atoms with Gasteiger partial charge in [-0.1, -0.05) is 12.1 Å². The van der Waals surface area contributed by atoms with Gasteiger partial charge >= 0.3 is 6.18 Å². The molecule has 0 radical (unpaired) electrons. The number of benzene rings is 1. The van der Waals surface area contributed by atoms with Crippen LogP contribution in [-0.4, -0.2) is 34.8 Å². The van der Waals surface area contributed by atoms with Crippen LogP contribution in [0, 0.1) is 6.92 Å². The summed E-state index contributed by atoms with van der Waals surface area (Å²) in [5, 5.41) is 14.0. The molecule has 4 nitrogen and oxygen atoms in total. The number of aliphatic hydroxyl groups is 1. The number of nitrogens with zero attached hydrogens (tertiary/aromatic N) is 1. The van der Waals surface area contributed by atoms with Crippen LogP contribution in [0.15, 0.2) is 29.6 Å². The summed E-state index contributed by atoms with van der Waals surface area (Å²) in [5.41, 5.74) is 1.83. The van der Waals surface area contributed by atoms with E-state index < -0.39 is 24.6 Å². The Morgan fingerprint density at radius 3 is 2.78 bits per heavy atom. The van der Waals surface area contributed by atoms with E-state index in [1.165, 1.54) is 11.3 Å². The maximum Gasteiger partial charge on any atom is 0.414 e. The van der Waals surface area contributed by atoms with Crippen LogP contribution in [-0.2, 0) is 0 Å². The fraction of sp³-hybridized carbons (Fsp3) is 0.333. The number of halogens is 3. The van der Waals surface area contributed by atoms with Crippen molar-refractivity contribution in [2.24, 2.45) is 0 Å². The van der Waals surface area contributed by atoms with E-state index in [0.29, 0.717) is 5.56 Å². The van der Waals surface area contributed by atoms with Gasteiger partial charge in [0.25, 0.3) is 5.91 Å². The number of rotatable bonds is 5. The van der Waals surface area contributed by atoms with Gasteiger partial charge in [0.05, 0.1) is 10.7 Å². The number of aromatic nitrogens is 1. The van der Waals surface area contributed by atoms with E-state index in [2.05, 4.69) is 10.3 Å². The maximum atomic E-state index is 12.2. The molecule has 0 saturated carbocycles. The highest BCUT2D eigenvalue weighted by atomic mass is 32.1. The van der Waals surface area contributed by atoms with Crippen molar-refractivity contribution < 1.29 is 23.1 Å². The molecule has 1 unspecified atom stereocenters. The molecule has 0 fully saturated rings. The Labute approximate surface area is 135 Å². The molecule has 1 heterocycles. The van der Waals surface area contributed by atoms with Crippen LogP contribution in [0.4, 0.5) is 13.2 Å². The molecule has 0 aliphatic heterocycles. The van der Waals surface area contributed by atoms with E-state index in [1.807, 2.05) is 12.3 Å². The van der Waals surface area contributed by atoms with Gasteiger partial charge in [0.2, 0.25) is 0 Å². The lowest BCUT2D eigenvalue weighted by atomic mass is 10.1. The number of amides is 1. The predicted octanol–water partition coefficient (Wildman–Crippen LogP) is 3.16. The summed E-state index contributed by atoms with van der Waals surface area (Å²) in [5.74, 6) is -0.492. The minimum atomic E-state index is -4.67. The molecule has 23 heavy (non-hydrogen) atoms. The normalized spacial score (nSPS) is 12.9. The maximum absolute atomic E-state index is 12.2. The highest BCUT2D eigenvalue weighted by Crippen LogP contribution is 2.23. The molecule has 2 N–H and O–H groups in total. The minimum absolute atomic E-state index is 0.264. The summed E-state index contributed by atoms with van der Waals surface area (Å²) in [4.78, 5) is 16.3. The van der Waals surface area contributed by atoms with Crippen LogP contribution in [0.1, 0.15) is 21.8 Å². The van der Waals surface area contributed by atoms with Crippen LogP contribution in [0.3, 0.4) is 0 Å². The molecule has 8 heteroatoms. The zero-order valence-corrected chi connectivity index (χ0v) is 13.0. The average molecular weight is 344 g/mol. The Hall–Kier alpha value is -1.93. The summed E-state index contributed by atoms with van der Waals surface area (Å²) in [6.45, 7) is 1.61. The van der Waals surface area contributed by atoms with Crippen LogP contribution >= 0.6 is 11.3 Å². The Balaban J connectivity index is 1.98.